The Morgan fingerprint density at radius 2 is 2.21 bits per heavy atom. The summed E-state index contributed by atoms with van der Waals surface area (Å²) < 4.78 is 0. The fourth-order valence-corrected chi connectivity index (χ4v) is 2.68. The van der Waals surface area contributed by atoms with Crippen LogP contribution in [0.25, 0.3) is 0 Å². The number of rotatable bonds is 1. The topological polar surface area (TPSA) is 51.8 Å². The Hall–Kier alpha value is -0.610. The fourth-order valence-electron chi connectivity index (χ4n) is 1.62. The highest BCUT2D eigenvalue weighted by molar-refractivity contribution is 7.98. The van der Waals surface area contributed by atoms with E-state index in [9.17, 15) is 0 Å². The number of nitrogens with zero attached hydrogens (tertiary/aromatic N) is 2. The van der Waals surface area contributed by atoms with Crippen molar-refractivity contribution >= 4 is 11.8 Å². The summed E-state index contributed by atoms with van der Waals surface area (Å²) in [7, 11) is 0. The van der Waals surface area contributed by atoms with Crippen LogP contribution in [0.5, 0.6) is 0 Å². The molecule has 0 aromatic carbocycles. The maximum absolute atomic E-state index is 5.79. The lowest BCUT2D eigenvalue weighted by molar-refractivity contribution is 0.714. The van der Waals surface area contributed by atoms with Crippen LogP contribution in [0.4, 0.5) is 0 Å². The summed E-state index contributed by atoms with van der Waals surface area (Å²) >= 11 is 1.95. The molecule has 76 valence electrons. The lowest BCUT2D eigenvalue weighted by atomic mass is 10.1. The normalized spacial score (nSPS) is 17.6. The van der Waals surface area contributed by atoms with Crippen LogP contribution in [0.3, 0.4) is 0 Å². The Morgan fingerprint density at radius 1 is 1.43 bits per heavy atom. The molecule has 0 radical (unpaired) electrons. The first kappa shape index (κ1) is 9.93. The average Bonchev–Trinajstić information content (AvgIpc) is 2.17. The second-order valence-electron chi connectivity index (χ2n) is 3.68. The highest BCUT2D eigenvalue weighted by atomic mass is 32.2. The molecule has 4 heteroatoms. The minimum Gasteiger partial charge on any atom is -0.322 e. The van der Waals surface area contributed by atoms with Gasteiger partial charge in [-0.1, -0.05) is 0 Å². The highest BCUT2D eigenvalue weighted by Gasteiger charge is 2.16. The molecule has 1 aliphatic heterocycles. The van der Waals surface area contributed by atoms with Gasteiger partial charge >= 0.3 is 0 Å². The molecule has 0 fully saturated rings. The summed E-state index contributed by atoms with van der Waals surface area (Å²) in [6.45, 7) is 3.98. The average molecular weight is 209 g/mol. The molecule has 1 aromatic rings. The molecule has 1 aliphatic rings. The summed E-state index contributed by atoms with van der Waals surface area (Å²) in [5.74, 6) is 3.01. The summed E-state index contributed by atoms with van der Waals surface area (Å²) in [6, 6.07) is -0.0615. The van der Waals surface area contributed by atoms with Crippen molar-refractivity contribution in [1.29, 1.82) is 0 Å². The third-order valence-corrected chi connectivity index (χ3v) is 3.44. The van der Waals surface area contributed by atoms with Gasteiger partial charge in [-0.25, -0.2) is 9.97 Å². The number of aryl methyl sites for hydroxylation is 2. The summed E-state index contributed by atoms with van der Waals surface area (Å²) in [4.78, 5) is 8.96. The SMILES string of the molecule is Cc1nc(C(C)N)nc2c1CSCC2. The lowest BCUT2D eigenvalue weighted by Crippen LogP contribution is -2.16. The minimum atomic E-state index is -0.0615. The van der Waals surface area contributed by atoms with Gasteiger partial charge in [-0.05, 0) is 26.0 Å². The van der Waals surface area contributed by atoms with Gasteiger partial charge in [0.25, 0.3) is 0 Å². The Labute approximate surface area is 88.5 Å². The van der Waals surface area contributed by atoms with Gasteiger partial charge in [0.15, 0.2) is 0 Å². The van der Waals surface area contributed by atoms with Crippen molar-refractivity contribution in [1.82, 2.24) is 9.97 Å². The predicted octanol–water partition coefficient (Wildman–Crippen LogP) is 1.59. The number of aromatic nitrogens is 2. The first-order chi connectivity index (χ1) is 6.68. The zero-order valence-corrected chi connectivity index (χ0v) is 9.40. The van der Waals surface area contributed by atoms with E-state index in [-0.39, 0.29) is 6.04 Å². The van der Waals surface area contributed by atoms with Crippen LogP contribution in [0.1, 0.15) is 35.7 Å². The van der Waals surface area contributed by atoms with Gasteiger partial charge in [0.1, 0.15) is 5.82 Å². The molecule has 2 N–H and O–H groups in total. The summed E-state index contributed by atoms with van der Waals surface area (Å²) in [6.07, 6.45) is 1.06. The van der Waals surface area contributed by atoms with E-state index in [2.05, 4.69) is 16.9 Å². The van der Waals surface area contributed by atoms with Crippen molar-refractivity contribution in [3.8, 4) is 0 Å². The zero-order valence-electron chi connectivity index (χ0n) is 8.58. The first-order valence-corrected chi connectivity index (χ1v) is 6.03. The number of thioether (sulfide) groups is 1. The predicted molar refractivity (Wildman–Crippen MR) is 59.2 cm³/mol. The molecule has 3 nitrogen and oxygen atoms in total. The maximum atomic E-state index is 5.79. The van der Waals surface area contributed by atoms with Crippen molar-refractivity contribution < 1.29 is 0 Å². The fraction of sp³-hybridized carbons (Fsp3) is 0.600. The number of nitrogens with two attached hydrogens (primary N) is 1. The van der Waals surface area contributed by atoms with Gasteiger partial charge < -0.3 is 5.73 Å². The second-order valence-corrected chi connectivity index (χ2v) is 4.79. The first-order valence-electron chi connectivity index (χ1n) is 4.88. The van der Waals surface area contributed by atoms with Gasteiger partial charge in [0.05, 0.1) is 6.04 Å². The molecule has 0 bridgehead atoms. The third-order valence-electron chi connectivity index (χ3n) is 2.45. The molecule has 0 amide bonds. The molecule has 0 spiro atoms. The Morgan fingerprint density at radius 3 is 2.93 bits per heavy atom. The van der Waals surface area contributed by atoms with Crippen LogP contribution in [0.15, 0.2) is 0 Å². The Kier molecular flexibility index (Phi) is 2.74. The summed E-state index contributed by atoms with van der Waals surface area (Å²) in [5.41, 5.74) is 9.43. The number of fused-ring (bicyclic) bond motifs is 1. The van der Waals surface area contributed by atoms with E-state index in [0.29, 0.717) is 0 Å². The standard InChI is InChI=1S/C10H15N3S/c1-6(11)10-12-7(2)8-5-14-4-3-9(8)13-10/h6H,3-5,11H2,1-2H3. The van der Waals surface area contributed by atoms with Crippen LogP contribution >= 0.6 is 11.8 Å². The van der Waals surface area contributed by atoms with Crippen LogP contribution in [0, 0.1) is 6.92 Å². The van der Waals surface area contributed by atoms with Crippen molar-refractivity contribution in [2.24, 2.45) is 5.73 Å². The molecule has 0 aliphatic carbocycles. The van der Waals surface area contributed by atoms with Gasteiger partial charge in [-0.2, -0.15) is 11.8 Å². The van der Waals surface area contributed by atoms with Crippen molar-refractivity contribution in [2.75, 3.05) is 5.75 Å². The Balaban J connectivity index is 2.46. The van der Waals surface area contributed by atoms with Crippen LogP contribution in [0.2, 0.25) is 0 Å². The molecule has 1 atom stereocenters. The molecule has 14 heavy (non-hydrogen) atoms. The molecule has 2 rings (SSSR count). The molecule has 2 heterocycles. The van der Waals surface area contributed by atoms with E-state index < -0.39 is 0 Å². The van der Waals surface area contributed by atoms with Crippen LogP contribution in [-0.4, -0.2) is 15.7 Å². The van der Waals surface area contributed by atoms with Gasteiger partial charge in [0.2, 0.25) is 0 Å². The molecule has 0 saturated heterocycles. The van der Waals surface area contributed by atoms with E-state index in [1.165, 1.54) is 17.0 Å². The van der Waals surface area contributed by atoms with E-state index in [1.807, 2.05) is 18.7 Å². The van der Waals surface area contributed by atoms with Crippen molar-refractivity contribution in [3.63, 3.8) is 0 Å². The molecule has 0 saturated carbocycles. The molecule has 1 unspecified atom stereocenters. The monoisotopic (exact) mass is 209 g/mol. The van der Waals surface area contributed by atoms with E-state index >= 15 is 0 Å². The van der Waals surface area contributed by atoms with Gasteiger partial charge in [-0.15, -0.1) is 0 Å². The van der Waals surface area contributed by atoms with Crippen molar-refractivity contribution in [3.05, 3.63) is 22.8 Å². The molecule has 1 aromatic heterocycles. The maximum Gasteiger partial charge on any atom is 0.145 e. The third kappa shape index (κ3) is 1.77. The van der Waals surface area contributed by atoms with Crippen LogP contribution < -0.4 is 5.73 Å². The number of hydrogen-bond acceptors (Lipinski definition) is 4. The van der Waals surface area contributed by atoms with Gasteiger partial charge in [-0.3, -0.25) is 0 Å². The minimum absolute atomic E-state index is 0.0615. The molecular formula is C10H15N3S. The van der Waals surface area contributed by atoms with Crippen molar-refractivity contribution in [2.45, 2.75) is 32.1 Å². The van der Waals surface area contributed by atoms with E-state index in [1.54, 1.807) is 0 Å². The Bertz CT molecular complexity index is 349. The largest absolute Gasteiger partial charge is 0.322 e. The number of hydrogen-bond donors (Lipinski definition) is 1. The quantitative estimate of drug-likeness (QED) is 0.763. The van der Waals surface area contributed by atoms with E-state index in [4.69, 9.17) is 5.73 Å². The smallest absolute Gasteiger partial charge is 0.145 e. The molecular weight excluding hydrogens is 194 g/mol. The zero-order chi connectivity index (χ0) is 10.1. The van der Waals surface area contributed by atoms with Gasteiger partial charge in [0, 0.05) is 22.7 Å². The highest BCUT2D eigenvalue weighted by Crippen LogP contribution is 2.25. The van der Waals surface area contributed by atoms with Crippen LogP contribution in [-0.2, 0) is 12.2 Å². The second kappa shape index (κ2) is 3.87. The summed E-state index contributed by atoms with van der Waals surface area (Å²) in [5, 5.41) is 0. The lowest BCUT2D eigenvalue weighted by Gasteiger charge is -2.18. The van der Waals surface area contributed by atoms with E-state index in [0.717, 1.165) is 23.7 Å².